The third kappa shape index (κ3) is 4.52. The van der Waals surface area contributed by atoms with Crippen LogP contribution in [0.2, 0.25) is 5.02 Å². The largest absolute Gasteiger partial charge is 0.369 e. The van der Waals surface area contributed by atoms with Gasteiger partial charge in [0, 0.05) is 19.3 Å². The van der Waals surface area contributed by atoms with Crippen LogP contribution in [0.3, 0.4) is 0 Å². The number of nitrogens with zero attached hydrogens (tertiary/aromatic N) is 2. The van der Waals surface area contributed by atoms with Crippen LogP contribution in [0.25, 0.3) is 0 Å². The summed E-state index contributed by atoms with van der Waals surface area (Å²) in [6, 6.07) is 3.79. The molecule has 2 heterocycles. The Morgan fingerprint density at radius 2 is 1.94 bits per heavy atom. The van der Waals surface area contributed by atoms with Crippen molar-refractivity contribution < 1.29 is 0 Å². The third-order valence-electron chi connectivity index (χ3n) is 3.16. The van der Waals surface area contributed by atoms with Crippen molar-refractivity contribution in [3.63, 3.8) is 0 Å². The molecule has 94 valence electrons. The molecular weight excluding hydrogens is 234 g/mol. The molecule has 0 atom stereocenters. The first-order valence-corrected chi connectivity index (χ1v) is 6.80. The summed E-state index contributed by atoms with van der Waals surface area (Å²) in [6.07, 6.45) is 7.15. The number of pyridine rings is 1. The Morgan fingerprint density at radius 3 is 2.59 bits per heavy atom. The second-order valence-corrected chi connectivity index (χ2v) is 4.98. The Labute approximate surface area is 108 Å². The van der Waals surface area contributed by atoms with Gasteiger partial charge in [0.15, 0.2) is 0 Å². The molecule has 1 aliphatic rings. The maximum Gasteiger partial charge on any atom is 0.126 e. The molecule has 1 aromatic rings. The molecule has 1 fully saturated rings. The zero-order valence-electron chi connectivity index (χ0n) is 10.2. The van der Waals surface area contributed by atoms with Gasteiger partial charge in [-0.2, -0.15) is 0 Å². The van der Waals surface area contributed by atoms with E-state index in [0.717, 1.165) is 18.9 Å². The molecule has 0 aromatic carbocycles. The quantitative estimate of drug-likeness (QED) is 0.894. The topological polar surface area (TPSA) is 28.2 Å². The molecule has 2 rings (SSSR count). The predicted octanol–water partition coefficient (Wildman–Crippen LogP) is 3.02. The van der Waals surface area contributed by atoms with E-state index < -0.39 is 0 Å². The highest BCUT2D eigenvalue weighted by Gasteiger charge is 2.07. The van der Waals surface area contributed by atoms with Gasteiger partial charge in [-0.1, -0.05) is 24.4 Å². The average Bonchev–Trinajstić information content (AvgIpc) is 2.60. The fourth-order valence-electron chi connectivity index (χ4n) is 2.18. The minimum atomic E-state index is 0.683. The minimum Gasteiger partial charge on any atom is -0.369 e. The number of hydrogen-bond donors (Lipinski definition) is 1. The standard InChI is InChI=1S/C13H20ClN3/c14-12-5-6-13(16-11-12)15-7-10-17-8-3-1-2-4-9-17/h5-6,11H,1-4,7-10H2,(H,15,16). The summed E-state index contributed by atoms with van der Waals surface area (Å²) in [5, 5.41) is 4.01. The third-order valence-corrected chi connectivity index (χ3v) is 3.38. The van der Waals surface area contributed by atoms with E-state index in [1.807, 2.05) is 12.1 Å². The van der Waals surface area contributed by atoms with Gasteiger partial charge in [0.1, 0.15) is 5.82 Å². The Morgan fingerprint density at radius 1 is 1.18 bits per heavy atom. The number of rotatable bonds is 4. The van der Waals surface area contributed by atoms with Crippen molar-refractivity contribution in [2.45, 2.75) is 25.7 Å². The molecule has 0 saturated carbocycles. The Bertz CT molecular complexity index is 318. The average molecular weight is 254 g/mol. The molecule has 0 amide bonds. The van der Waals surface area contributed by atoms with Crippen LogP contribution < -0.4 is 5.32 Å². The lowest BCUT2D eigenvalue weighted by Crippen LogP contribution is -2.30. The highest BCUT2D eigenvalue weighted by atomic mass is 35.5. The maximum absolute atomic E-state index is 5.79. The molecule has 0 bridgehead atoms. The van der Waals surface area contributed by atoms with E-state index in [2.05, 4.69) is 15.2 Å². The number of aromatic nitrogens is 1. The van der Waals surface area contributed by atoms with Gasteiger partial charge in [-0.15, -0.1) is 0 Å². The minimum absolute atomic E-state index is 0.683. The van der Waals surface area contributed by atoms with Crippen LogP contribution in [0.5, 0.6) is 0 Å². The lowest BCUT2D eigenvalue weighted by atomic mass is 10.2. The molecule has 0 unspecified atom stereocenters. The monoisotopic (exact) mass is 253 g/mol. The van der Waals surface area contributed by atoms with Gasteiger partial charge in [-0.25, -0.2) is 4.98 Å². The summed E-state index contributed by atoms with van der Waals surface area (Å²) >= 11 is 5.79. The summed E-state index contributed by atoms with van der Waals surface area (Å²) in [7, 11) is 0. The summed E-state index contributed by atoms with van der Waals surface area (Å²) in [5.74, 6) is 0.907. The molecule has 1 aliphatic heterocycles. The molecule has 0 aliphatic carbocycles. The van der Waals surface area contributed by atoms with Crippen LogP contribution in [0.4, 0.5) is 5.82 Å². The molecule has 0 radical (unpaired) electrons. The summed E-state index contributed by atoms with van der Waals surface area (Å²) in [5.41, 5.74) is 0. The Kier molecular flexibility index (Phi) is 5.08. The number of nitrogens with one attached hydrogen (secondary N) is 1. The zero-order valence-corrected chi connectivity index (χ0v) is 10.9. The lowest BCUT2D eigenvalue weighted by Gasteiger charge is -2.19. The van der Waals surface area contributed by atoms with E-state index in [-0.39, 0.29) is 0 Å². The van der Waals surface area contributed by atoms with Gasteiger partial charge in [0.05, 0.1) is 5.02 Å². The van der Waals surface area contributed by atoms with Crippen molar-refractivity contribution >= 4 is 17.4 Å². The van der Waals surface area contributed by atoms with Crippen LogP contribution in [-0.4, -0.2) is 36.1 Å². The first-order chi connectivity index (χ1) is 8.34. The molecule has 17 heavy (non-hydrogen) atoms. The van der Waals surface area contributed by atoms with E-state index in [1.54, 1.807) is 6.20 Å². The second kappa shape index (κ2) is 6.82. The maximum atomic E-state index is 5.79. The highest BCUT2D eigenvalue weighted by molar-refractivity contribution is 6.30. The van der Waals surface area contributed by atoms with Crippen LogP contribution in [0, 0.1) is 0 Å². The van der Waals surface area contributed by atoms with E-state index in [9.17, 15) is 0 Å². The van der Waals surface area contributed by atoms with E-state index in [0.29, 0.717) is 5.02 Å². The summed E-state index contributed by atoms with van der Waals surface area (Å²) < 4.78 is 0. The van der Waals surface area contributed by atoms with Gasteiger partial charge in [0.25, 0.3) is 0 Å². The smallest absolute Gasteiger partial charge is 0.126 e. The molecule has 1 N–H and O–H groups in total. The molecule has 3 nitrogen and oxygen atoms in total. The van der Waals surface area contributed by atoms with Gasteiger partial charge >= 0.3 is 0 Å². The predicted molar refractivity (Wildman–Crippen MR) is 72.6 cm³/mol. The van der Waals surface area contributed by atoms with E-state index >= 15 is 0 Å². The summed E-state index contributed by atoms with van der Waals surface area (Å²) in [6.45, 7) is 4.55. The van der Waals surface area contributed by atoms with Crippen molar-refractivity contribution in [2.75, 3.05) is 31.5 Å². The van der Waals surface area contributed by atoms with Gasteiger partial charge in [-0.3, -0.25) is 0 Å². The van der Waals surface area contributed by atoms with Crippen LogP contribution in [0.15, 0.2) is 18.3 Å². The SMILES string of the molecule is Clc1ccc(NCCN2CCCCCC2)nc1. The number of hydrogen-bond acceptors (Lipinski definition) is 3. The van der Waals surface area contributed by atoms with Crippen molar-refractivity contribution in [1.29, 1.82) is 0 Å². The van der Waals surface area contributed by atoms with Gasteiger partial charge in [-0.05, 0) is 38.1 Å². The van der Waals surface area contributed by atoms with Crippen molar-refractivity contribution in [1.82, 2.24) is 9.88 Å². The van der Waals surface area contributed by atoms with Crippen molar-refractivity contribution in [3.8, 4) is 0 Å². The van der Waals surface area contributed by atoms with Crippen molar-refractivity contribution in [2.24, 2.45) is 0 Å². The Hall–Kier alpha value is -0.800. The molecular formula is C13H20ClN3. The fraction of sp³-hybridized carbons (Fsp3) is 0.615. The Balaban J connectivity index is 1.69. The molecule has 4 heteroatoms. The van der Waals surface area contributed by atoms with Gasteiger partial charge in [0.2, 0.25) is 0 Å². The summed E-state index contributed by atoms with van der Waals surface area (Å²) in [4.78, 5) is 6.76. The van der Waals surface area contributed by atoms with Gasteiger partial charge < -0.3 is 10.2 Å². The fourth-order valence-corrected chi connectivity index (χ4v) is 2.29. The first-order valence-electron chi connectivity index (χ1n) is 6.42. The zero-order chi connectivity index (χ0) is 11.9. The normalized spacial score (nSPS) is 17.7. The molecule has 1 saturated heterocycles. The van der Waals surface area contributed by atoms with E-state index in [4.69, 9.17) is 11.6 Å². The molecule has 0 spiro atoms. The lowest BCUT2D eigenvalue weighted by molar-refractivity contribution is 0.296. The second-order valence-electron chi connectivity index (χ2n) is 4.54. The number of anilines is 1. The highest BCUT2D eigenvalue weighted by Crippen LogP contribution is 2.10. The number of likely N-dealkylation sites (tertiary alicyclic amines) is 1. The number of halogens is 1. The first kappa shape index (κ1) is 12.7. The van der Waals surface area contributed by atoms with E-state index in [1.165, 1.54) is 38.8 Å². The van der Waals surface area contributed by atoms with Crippen LogP contribution in [0.1, 0.15) is 25.7 Å². The molecule has 1 aromatic heterocycles. The van der Waals surface area contributed by atoms with Crippen LogP contribution >= 0.6 is 11.6 Å². The van der Waals surface area contributed by atoms with Crippen LogP contribution in [-0.2, 0) is 0 Å². The van der Waals surface area contributed by atoms with Crippen molar-refractivity contribution in [3.05, 3.63) is 23.4 Å².